The van der Waals surface area contributed by atoms with Crippen molar-refractivity contribution >= 4 is 39.8 Å². The first kappa shape index (κ1) is 21.8. The third-order valence-corrected chi connectivity index (χ3v) is 5.29. The predicted molar refractivity (Wildman–Crippen MR) is 129 cm³/mol. The summed E-state index contributed by atoms with van der Waals surface area (Å²) in [4.78, 5) is 18.9. The summed E-state index contributed by atoms with van der Waals surface area (Å²) in [6.45, 7) is 2.74. The van der Waals surface area contributed by atoms with Gasteiger partial charge in [0.15, 0.2) is 5.82 Å². The van der Waals surface area contributed by atoms with Crippen LogP contribution in [0, 0.1) is 0 Å². The second-order valence-corrected chi connectivity index (χ2v) is 8.38. The minimum Gasteiger partial charge on any atom is -0.354 e. The zero-order valence-corrected chi connectivity index (χ0v) is 19.0. The van der Waals surface area contributed by atoms with Gasteiger partial charge in [-0.2, -0.15) is 5.10 Å². The first-order chi connectivity index (χ1) is 15.4. The lowest BCUT2D eigenvalue weighted by Gasteiger charge is -2.18. The Bertz CT molecular complexity index is 1230. The van der Waals surface area contributed by atoms with Crippen LogP contribution in [0.25, 0.3) is 16.7 Å². The molecule has 1 atom stereocenters. The molecule has 1 amide bonds. The second-order valence-electron chi connectivity index (χ2n) is 7.98. The largest absolute Gasteiger partial charge is 0.354 e. The Morgan fingerprint density at radius 2 is 1.94 bits per heavy atom. The van der Waals surface area contributed by atoms with E-state index < -0.39 is 0 Å². The van der Waals surface area contributed by atoms with E-state index in [0.717, 1.165) is 28.8 Å². The molecule has 0 spiro atoms. The highest BCUT2D eigenvalue weighted by molar-refractivity contribution is 6.33. The van der Waals surface area contributed by atoms with Gasteiger partial charge >= 0.3 is 0 Å². The van der Waals surface area contributed by atoms with Crippen molar-refractivity contribution < 1.29 is 4.79 Å². The van der Waals surface area contributed by atoms with Crippen molar-refractivity contribution in [3.8, 4) is 5.82 Å². The van der Waals surface area contributed by atoms with Crippen LogP contribution in [0.3, 0.4) is 0 Å². The number of amides is 1. The number of benzene rings is 2. The molecule has 8 heteroatoms. The normalized spacial score (nSPS) is 12.2. The van der Waals surface area contributed by atoms with Gasteiger partial charge < -0.3 is 15.5 Å². The number of pyridine rings is 1. The monoisotopic (exact) mass is 448 g/mol. The van der Waals surface area contributed by atoms with E-state index in [1.54, 1.807) is 29.2 Å². The Kier molecular flexibility index (Phi) is 6.39. The van der Waals surface area contributed by atoms with Gasteiger partial charge in [0.25, 0.3) is 5.91 Å². The summed E-state index contributed by atoms with van der Waals surface area (Å²) in [5.74, 6) is 0.503. The summed E-state index contributed by atoms with van der Waals surface area (Å²) < 4.78 is 1.75. The molecule has 0 saturated heterocycles. The van der Waals surface area contributed by atoms with Gasteiger partial charge in [0.2, 0.25) is 0 Å². The van der Waals surface area contributed by atoms with Crippen LogP contribution in [-0.2, 0) is 0 Å². The predicted octanol–water partition coefficient (Wildman–Crippen LogP) is 4.50. The number of nitrogens with one attached hydrogen (secondary N) is 2. The Hall–Kier alpha value is -3.42. The van der Waals surface area contributed by atoms with E-state index in [9.17, 15) is 4.79 Å². The Morgan fingerprint density at radius 1 is 1.12 bits per heavy atom. The van der Waals surface area contributed by atoms with Gasteiger partial charge in [0, 0.05) is 29.9 Å². The van der Waals surface area contributed by atoms with Crippen molar-refractivity contribution in [3.05, 3.63) is 77.6 Å². The average Bonchev–Trinajstić information content (AvgIpc) is 3.18. The molecule has 32 heavy (non-hydrogen) atoms. The lowest BCUT2D eigenvalue weighted by Crippen LogP contribution is -2.39. The Morgan fingerprint density at radius 3 is 2.66 bits per heavy atom. The fourth-order valence-corrected chi connectivity index (χ4v) is 3.74. The maximum Gasteiger partial charge on any atom is 0.253 e. The number of halogens is 1. The van der Waals surface area contributed by atoms with Crippen LogP contribution >= 0.6 is 11.6 Å². The second kappa shape index (κ2) is 9.38. The minimum absolute atomic E-state index is 0.0424. The number of para-hydroxylation sites is 1. The third kappa shape index (κ3) is 4.90. The molecule has 164 valence electrons. The summed E-state index contributed by atoms with van der Waals surface area (Å²) in [7, 11) is 3.95. The number of carbonyl (C=O) groups is 1. The topological polar surface area (TPSA) is 75.1 Å². The Labute approximate surface area is 192 Å². The van der Waals surface area contributed by atoms with E-state index in [1.165, 1.54) is 0 Å². The average molecular weight is 449 g/mol. The molecule has 0 aliphatic rings. The molecule has 2 aromatic carbocycles. The summed E-state index contributed by atoms with van der Waals surface area (Å²) in [6, 6.07) is 17.2. The highest BCUT2D eigenvalue weighted by Crippen LogP contribution is 2.27. The molecule has 0 aliphatic carbocycles. The van der Waals surface area contributed by atoms with Crippen LogP contribution in [0.1, 0.15) is 17.3 Å². The molecule has 0 saturated carbocycles. The number of carbonyl (C=O) groups excluding carboxylic acids is 1. The minimum atomic E-state index is -0.140. The summed E-state index contributed by atoms with van der Waals surface area (Å²) >= 11 is 6.24. The number of hydrogen-bond acceptors (Lipinski definition) is 5. The van der Waals surface area contributed by atoms with Crippen LogP contribution < -0.4 is 10.6 Å². The van der Waals surface area contributed by atoms with Crippen LogP contribution in [0.5, 0.6) is 0 Å². The highest BCUT2D eigenvalue weighted by Gasteiger charge is 2.12. The highest BCUT2D eigenvalue weighted by atomic mass is 35.5. The van der Waals surface area contributed by atoms with Gasteiger partial charge in [-0.25, -0.2) is 9.67 Å². The molecule has 0 bridgehead atoms. The lowest BCUT2D eigenvalue weighted by molar-refractivity contribution is 0.0934. The molecule has 4 rings (SSSR count). The summed E-state index contributed by atoms with van der Waals surface area (Å²) in [5.41, 5.74) is 3.19. The smallest absolute Gasteiger partial charge is 0.253 e. The first-order valence-electron chi connectivity index (χ1n) is 10.3. The molecule has 0 radical (unpaired) electrons. The van der Waals surface area contributed by atoms with Crippen molar-refractivity contribution in [2.24, 2.45) is 0 Å². The summed E-state index contributed by atoms with van der Waals surface area (Å²) in [6.07, 6.45) is 3.37. The van der Waals surface area contributed by atoms with Crippen molar-refractivity contribution in [1.82, 2.24) is 25.0 Å². The number of nitrogens with zero attached hydrogens (tertiary/aromatic N) is 4. The van der Waals surface area contributed by atoms with Crippen molar-refractivity contribution in [1.29, 1.82) is 0 Å². The van der Waals surface area contributed by atoms with Gasteiger partial charge in [-0.05, 0) is 63.5 Å². The van der Waals surface area contributed by atoms with Crippen molar-refractivity contribution in [2.75, 3.05) is 26.0 Å². The van der Waals surface area contributed by atoms with E-state index in [1.807, 2.05) is 68.4 Å². The zero-order valence-electron chi connectivity index (χ0n) is 18.2. The van der Waals surface area contributed by atoms with Crippen molar-refractivity contribution in [3.63, 3.8) is 0 Å². The standard InChI is InChI=1S/C24H25ClN6O/c1-16(15-30(2)3)28-24(32)17-8-11-23(26-13-17)31-22-10-9-19(12-18(22)14-27-31)29-21-7-5-4-6-20(21)25/h4-14,16,29H,15H2,1-3H3,(H,28,32). The molecule has 0 aliphatic heterocycles. The van der Waals surface area contributed by atoms with Crippen LogP contribution in [-0.4, -0.2) is 52.3 Å². The van der Waals surface area contributed by atoms with E-state index in [0.29, 0.717) is 16.4 Å². The van der Waals surface area contributed by atoms with Crippen LogP contribution in [0.15, 0.2) is 67.0 Å². The SMILES string of the molecule is CC(CN(C)C)NC(=O)c1ccc(-n2ncc3cc(Nc4ccccc4Cl)ccc32)nc1. The molecular weight excluding hydrogens is 424 g/mol. The fraction of sp³-hybridized carbons (Fsp3) is 0.208. The van der Waals surface area contributed by atoms with E-state index >= 15 is 0 Å². The molecule has 7 nitrogen and oxygen atoms in total. The van der Waals surface area contributed by atoms with Crippen LogP contribution in [0.4, 0.5) is 11.4 Å². The van der Waals surface area contributed by atoms with E-state index in [-0.39, 0.29) is 11.9 Å². The molecule has 4 aromatic rings. The number of fused-ring (bicyclic) bond motifs is 1. The maximum atomic E-state index is 12.4. The van der Waals surface area contributed by atoms with E-state index in [2.05, 4.69) is 20.7 Å². The molecule has 2 N–H and O–H groups in total. The summed E-state index contributed by atoms with van der Waals surface area (Å²) in [5, 5.41) is 12.4. The fourth-order valence-electron chi connectivity index (χ4n) is 3.56. The molecule has 2 aromatic heterocycles. The number of rotatable bonds is 7. The van der Waals surface area contributed by atoms with Gasteiger partial charge in [0.1, 0.15) is 0 Å². The molecule has 1 unspecified atom stereocenters. The van der Waals surface area contributed by atoms with Gasteiger partial charge in [0.05, 0.1) is 28.0 Å². The number of hydrogen-bond donors (Lipinski definition) is 2. The lowest BCUT2D eigenvalue weighted by atomic mass is 10.2. The van der Waals surface area contributed by atoms with E-state index in [4.69, 9.17) is 11.6 Å². The Balaban J connectivity index is 1.51. The van der Waals surface area contributed by atoms with Crippen molar-refractivity contribution in [2.45, 2.75) is 13.0 Å². The molecular formula is C24H25ClN6O. The van der Waals surface area contributed by atoms with Crippen LogP contribution in [0.2, 0.25) is 5.02 Å². The zero-order chi connectivity index (χ0) is 22.7. The van der Waals surface area contributed by atoms with Gasteiger partial charge in [-0.1, -0.05) is 23.7 Å². The molecule has 0 fully saturated rings. The first-order valence-corrected chi connectivity index (χ1v) is 10.7. The van der Waals surface area contributed by atoms with Gasteiger partial charge in [-0.3, -0.25) is 4.79 Å². The third-order valence-electron chi connectivity index (χ3n) is 4.96. The maximum absolute atomic E-state index is 12.4. The quantitative estimate of drug-likeness (QED) is 0.435. The number of likely N-dealkylation sites (N-methyl/N-ethyl adjacent to an activating group) is 1. The molecule has 2 heterocycles. The number of aromatic nitrogens is 3. The van der Waals surface area contributed by atoms with Gasteiger partial charge in [-0.15, -0.1) is 0 Å². The number of anilines is 2.